The van der Waals surface area contributed by atoms with Crippen LogP contribution in [0.4, 0.5) is 0 Å². The Labute approximate surface area is 126 Å². The zero-order chi connectivity index (χ0) is 15.8. The third-order valence-electron chi connectivity index (χ3n) is 3.74. The molecule has 0 aromatic heterocycles. The van der Waals surface area contributed by atoms with Gasteiger partial charge >= 0.3 is 0 Å². The van der Waals surface area contributed by atoms with E-state index in [4.69, 9.17) is 5.14 Å². The predicted molar refractivity (Wildman–Crippen MR) is 81.1 cm³/mol. The highest BCUT2D eigenvalue weighted by molar-refractivity contribution is 7.89. The number of rotatable bonds is 2. The van der Waals surface area contributed by atoms with Crippen LogP contribution in [0, 0.1) is 5.41 Å². The Kier molecular flexibility index (Phi) is 4.13. The monoisotopic (exact) mass is 310 g/mol. The van der Waals surface area contributed by atoms with Gasteiger partial charge in [0, 0.05) is 5.41 Å². The zero-order valence-electron chi connectivity index (χ0n) is 12.6. The highest BCUT2D eigenvalue weighted by atomic mass is 32.2. The van der Waals surface area contributed by atoms with Gasteiger partial charge in [-0.3, -0.25) is 4.79 Å². The maximum Gasteiger partial charge on any atom is 0.238 e. The molecule has 1 aromatic carbocycles. The molecule has 0 saturated carbocycles. The summed E-state index contributed by atoms with van der Waals surface area (Å²) in [6, 6.07) is 4.84. The maximum absolute atomic E-state index is 12.1. The first-order valence-electron chi connectivity index (χ1n) is 7.05. The van der Waals surface area contributed by atoms with E-state index in [0.29, 0.717) is 0 Å². The second-order valence-electron chi connectivity index (χ2n) is 6.57. The minimum atomic E-state index is -3.69. The molecule has 0 spiro atoms. The lowest BCUT2D eigenvalue weighted by Crippen LogP contribution is -2.38. The summed E-state index contributed by atoms with van der Waals surface area (Å²) in [6.45, 7) is 5.61. The van der Waals surface area contributed by atoms with E-state index in [-0.39, 0.29) is 16.8 Å². The average molecular weight is 310 g/mol. The van der Waals surface area contributed by atoms with Crippen molar-refractivity contribution in [2.24, 2.45) is 10.6 Å². The van der Waals surface area contributed by atoms with Crippen LogP contribution in [0.15, 0.2) is 23.1 Å². The van der Waals surface area contributed by atoms with Gasteiger partial charge in [-0.05, 0) is 42.5 Å². The molecule has 0 aliphatic heterocycles. The molecule has 3 N–H and O–H groups in total. The van der Waals surface area contributed by atoms with E-state index >= 15 is 0 Å². The van der Waals surface area contributed by atoms with Crippen LogP contribution < -0.4 is 10.5 Å². The summed E-state index contributed by atoms with van der Waals surface area (Å²) < 4.78 is 22.8. The van der Waals surface area contributed by atoms with Crippen molar-refractivity contribution in [3.63, 3.8) is 0 Å². The molecule has 1 aliphatic carbocycles. The molecule has 1 aliphatic rings. The van der Waals surface area contributed by atoms with Gasteiger partial charge in [0.2, 0.25) is 15.9 Å². The number of fused-ring (bicyclic) bond motifs is 1. The van der Waals surface area contributed by atoms with Crippen molar-refractivity contribution < 1.29 is 13.2 Å². The molecule has 1 amide bonds. The molecule has 0 radical (unpaired) electrons. The fraction of sp³-hybridized carbons (Fsp3) is 0.533. The predicted octanol–water partition coefficient (Wildman–Crippen LogP) is 1.87. The summed E-state index contributed by atoms with van der Waals surface area (Å²) in [6.07, 6.45) is 2.58. The van der Waals surface area contributed by atoms with Crippen molar-refractivity contribution in [1.82, 2.24) is 5.32 Å². The summed E-state index contributed by atoms with van der Waals surface area (Å²) in [5.41, 5.74) is 1.50. The number of carbonyl (C=O) groups is 1. The van der Waals surface area contributed by atoms with Crippen molar-refractivity contribution >= 4 is 15.9 Å². The number of sulfonamides is 1. The van der Waals surface area contributed by atoms with Gasteiger partial charge in [-0.2, -0.15) is 0 Å². The average Bonchev–Trinajstić information content (AvgIpc) is 2.36. The first kappa shape index (κ1) is 16.0. The molecular formula is C15H22N2O3S. The minimum Gasteiger partial charge on any atom is -0.349 e. The van der Waals surface area contributed by atoms with Gasteiger partial charge in [-0.15, -0.1) is 0 Å². The number of benzene rings is 1. The van der Waals surface area contributed by atoms with E-state index in [1.807, 2.05) is 20.8 Å². The highest BCUT2D eigenvalue weighted by Crippen LogP contribution is 2.32. The third kappa shape index (κ3) is 3.63. The third-order valence-corrected chi connectivity index (χ3v) is 4.65. The molecule has 6 heteroatoms. The van der Waals surface area contributed by atoms with Crippen molar-refractivity contribution in [3.8, 4) is 0 Å². The van der Waals surface area contributed by atoms with Crippen molar-refractivity contribution in [2.45, 2.75) is 51.0 Å². The molecule has 0 fully saturated rings. The quantitative estimate of drug-likeness (QED) is 0.874. The second kappa shape index (κ2) is 5.42. The lowest BCUT2D eigenvalue weighted by molar-refractivity contribution is -0.129. The molecule has 21 heavy (non-hydrogen) atoms. The molecule has 1 aromatic rings. The van der Waals surface area contributed by atoms with Crippen LogP contribution in [0.3, 0.4) is 0 Å². The lowest BCUT2D eigenvalue weighted by Gasteiger charge is -2.29. The molecule has 2 rings (SSSR count). The normalized spacial score (nSPS) is 19.0. The minimum absolute atomic E-state index is 0.00382. The molecule has 116 valence electrons. The Balaban J connectivity index is 2.31. The SMILES string of the molecule is CC(C)(C)C(=O)NC1CCCc2cc(S(N)(=O)=O)ccc21. The number of hydrogen-bond acceptors (Lipinski definition) is 3. The first-order valence-corrected chi connectivity index (χ1v) is 8.60. The van der Waals surface area contributed by atoms with Crippen molar-refractivity contribution in [2.75, 3.05) is 0 Å². The van der Waals surface area contributed by atoms with Crippen LogP contribution in [0.25, 0.3) is 0 Å². The number of aryl methyl sites for hydroxylation is 1. The van der Waals surface area contributed by atoms with Crippen molar-refractivity contribution in [3.05, 3.63) is 29.3 Å². The maximum atomic E-state index is 12.1. The smallest absolute Gasteiger partial charge is 0.238 e. The van der Waals surface area contributed by atoms with Crippen LogP contribution in [0.2, 0.25) is 0 Å². The topological polar surface area (TPSA) is 89.3 Å². The summed E-state index contributed by atoms with van der Waals surface area (Å²) >= 11 is 0. The van der Waals surface area contributed by atoms with Crippen LogP contribution in [0.5, 0.6) is 0 Å². The summed E-state index contributed by atoms with van der Waals surface area (Å²) in [5.74, 6) is -0.00382. The highest BCUT2D eigenvalue weighted by Gasteiger charge is 2.28. The van der Waals surface area contributed by atoms with Crippen LogP contribution in [-0.2, 0) is 21.2 Å². The summed E-state index contributed by atoms with van der Waals surface area (Å²) in [4.78, 5) is 12.3. The molecule has 1 unspecified atom stereocenters. The number of hydrogen-bond donors (Lipinski definition) is 2. The van der Waals surface area contributed by atoms with E-state index in [0.717, 1.165) is 30.4 Å². The van der Waals surface area contributed by atoms with Gasteiger partial charge < -0.3 is 5.32 Å². The number of carbonyl (C=O) groups excluding carboxylic acids is 1. The molecular weight excluding hydrogens is 288 g/mol. The number of nitrogens with one attached hydrogen (secondary N) is 1. The van der Waals surface area contributed by atoms with Crippen LogP contribution in [-0.4, -0.2) is 14.3 Å². The number of amides is 1. The standard InChI is InChI=1S/C15H22N2O3S/c1-15(2,3)14(18)17-13-6-4-5-10-9-11(21(16,19)20)7-8-12(10)13/h7-9,13H,4-6H2,1-3H3,(H,17,18)(H2,16,19,20). The summed E-state index contributed by atoms with van der Waals surface area (Å²) in [5, 5.41) is 8.22. The van der Waals surface area contributed by atoms with Crippen molar-refractivity contribution in [1.29, 1.82) is 0 Å². The van der Waals surface area contributed by atoms with E-state index in [2.05, 4.69) is 5.32 Å². The Bertz CT molecular complexity index is 660. The zero-order valence-corrected chi connectivity index (χ0v) is 13.5. The fourth-order valence-corrected chi connectivity index (χ4v) is 3.06. The van der Waals surface area contributed by atoms with Gasteiger partial charge in [0.15, 0.2) is 0 Å². The van der Waals surface area contributed by atoms with Crippen LogP contribution >= 0.6 is 0 Å². The van der Waals surface area contributed by atoms with E-state index < -0.39 is 15.4 Å². The summed E-state index contributed by atoms with van der Waals surface area (Å²) in [7, 11) is -3.69. The van der Waals surface area contributed by atoms with Gasteiger partial charge in [-0.1, -0.05) is 26.8 Å². The van der Waals surface area contributed by atoms with Gasteiger partial charge in [-0.25, -0.2) is 13.6 Å². The molecule has 0 saturated heterocycles. The Hall–Kier alpha value is -1.40. The van der Waals surface area contributed by atoms with Crippen LogP contribution in [0.1, 0.15) is 50.8 Å². The lowest BCUT2D eigenvalue weighted by atomic mass is 9.86. The molecule has 5 nitrogen and oxygen atoms in total. The van der Waals surface area contributed by atoms with E-state index in [1.54, 1.807) is 12.1 Å². The van der Waals surface area contributed by atoms with Gasteiger partial charge in [0.1, 0.15) is 0 Å². The molecule has 0 heterocycles. The van der Waals surface area contributed by atoms with E-state index in [9.17, 15) is 13.2 Å². The number of primary sulfonamides is 1. The number of nitrogens with two attached hydrogens (primary N) is 1. The second-order valence-corrected chi connectivity index (χ2v) is 8.14. The Morgan fingerprint density at radius 2 is 2.00 bits per heavy atom. The molecule has 0 bridgehead atoms. The molecule has 1 atom stereocenters. The first-order chi connectivity index (χ1) is 9.59. The van der Waals surface area contributed by atoms with E-state index in [1.165, 1.54) is 6.07 Å². The largest absolute Gasteiger partial charge is 0.349 e. The fourth-order valence-electron chi connectivity index (χ4n) is 2.49. The Morgan fingerprint density at radius 1 is 1.33 bits per heavy atom. The van der Waals surface area contributed by atoms with Gasteiger partial charge in [0.05, 0.1) is 10.9 Å². The Morgan fingerprint density at radius 3 is 2.57 bits per heavy atom. The van der Waals surface area contributed by atoms with Gasteiger partial charge in [0.25, 0.3) is 0 Å².